The van der Waals surface area contributed by atoms with Crippen LogP contribution in [0.25, 0.3) is 0 Å². The van der Waals surface area contributed by atoms with Gasteiger partial charge in [0, 0.05) is 23.5 Å². The quantitative estimate of drug-likeness (QED) is 0.284. The first-order valence-electron chi connectivity index (χ1n) is 9.63. The number of hydrogen-bond donors (Lipinski definition) is 1. The van der Waals surface area contributed by atoms with Gasteiger partial charge in [-0.05, 0) is 45.4 Å². The number of rotatable bonds is 8. The molecule has 10 nitrogen and oxygen atoms in total. The number of ether oxygens (including phenoxy) is 3. The lowest BCUT2D eigenvalue weighted by Gasteiger charge is -2.28. The molecule has 1 heterocycles. The van der Waals surface area contributed by atoms with Gasteiger partial charge >= 0.3 is 17.9 Å². The second-order valence-electron chi connectivity index (χ2n) is 6.61. The van der Waals surface area contributed by atoms with Crippen LogP contribution in [0.3, 0.4) is 0 Å². The summed E-state index contributed by atoms with van der Waals surface area (Å²) in [5.41, 5.74) is 1.06. The van der Waals surface area contributed by atoms with Crippen LogP contribution in [0.1, 0.15) is 33.3 Å². The Hall–Kier alpha value is -3.69. The number of hydrogen-bond acceptors (Lipinski definition) is 9. The van der Waals surface area contributed by atoms with Crippen molar-refractivity contribution >= 4 is 23.6 Å². The van der Waals surface area contributed by atoms with Crippen LogP contribution >= 0.6 is 0 Å². The van der Waals surface area contributed by atoms with Crippen LogP contribution < -0.4 is 5.32 Å². The standard InChI is InChI=1S/C21H24N2O8/c1-5-29-19(24)16-12(3)22-13(4)17(20(25)30-6-2)18(16)21(26)31-11-14-7-9-15(10-8-14)23(27)28/h7-10,18,22H,5-6,11H2,1-4H3. The van der Waals surface area contributed by atoms with Crippen molar-refractivity contribution < 1.29 is 33.5 Å². The molecule has 1 N–H and O–H groups in total. The number of carbonyl (C=O) groups is 3. The summed E-state index contributed by atoms with van der Waals surface area (Å²) < 4.78 is 15.5. The third-order valence-corrected chi connectivity index (χ3v) is 4.52. The van der Waals surface area contributed by atoms with Gasteiger partial charge in [0.05, 0.1) is 29.3 Å². The molecule has 0 radical (unpaired) electrons. The zero-order valence-corrected chi connectivity index (χ0v) is 17.7. The summed E-state index contributed by atoms with van der Waals surface area (Å²) >= 11 is 0. The molecule has 2 rings (SSSR count). The van der Waals surface area contributed by atoms with Gasteiger partial charge in [0.25, 0.3) is 5.69 Å². The van der Waals surface area contributed by atoms with E-state index in [0.29, 0.717) is 17.0 Å². The molecule has 0 saturated carbocycles. The summed E-state index contributed by atoms with van der Waals surface area (Å²) in [6.07, 6.45) is 0. The Labute approximate surface area is 179 Å². The largest absolute Gasteiger partial charge is 0.463 e. The molecule has 0 unspecified atom stereocenters. The number of esters is 3. The number of nitro benzene ring substituents is 1. The highest BCUT2D eigenvalue weighted by molar-refractivity contribution is 6.05. The maximum Gasteiger partial charge on any atom is 0.337 e. The number of benzene rings is 1. The van der Waals surface area contributed by atoms with Gasteiger partial charge in [-0.3, -0.25) is 14.9 Å². The van der Waals surface area contributed by atoms with Gasteiger partial charge in [0.2, 0.25) is 0 Å². The van der Waals surface area contributed by atoms with Gasteiger partial charge in [0.1, 0.15) is 12.5 Å². The van der Waals surface area contributed by atoms with Crippen molar-refractivity contribution in [1.29, 1.82) is 0 Å². The van der Waals surface area contributed by atoms with E-state index in [0.717, 1.165) is 0 Å². The summed E-state index contributed by atoms with van der Waals surface area (Å²) in [5, 5.41) is 13.7. The monoisotopic (exact) mass is 432 g/mol. The molecular formula is C21H24N2O8. The lowest BCUT2D eigenvalue weighted by molar-refractivity contribution is -0.384. The smallest absolute Gasteiger partial charge is 0.337 e. The average Bonchev–Trinajstić information content (AvgIpc) is 2.71. The number of nitro groups is 1. The normalized spacial score (nSPS) is 14.1. The Bertz CT molecular complexity index is 907. The van der Waals surface area contributed by atoms with Crippen molar-refractivity contribution in [2.24, 2.45) is 5.92 Å². The molecule has 31 heavy (non-hydrogen) atoms. The van der Waals surface area contributed by atoms with Crippen molar-refractivity contribution in [3.05, 3.63) is 62.5 Å². The van der Waals surface area contributed by atoms with E-state index in [4.69, 9.17) is 14.2 Å². The maximum absolute atomic E-state index is 13.0. The first kappa shape index (κ1) is 23.6. The summed E-state index contributed by atoms with van der Waals surface area (Å²) in [6.45, 7) is 6.39. The fraction of sp³-hybridized carbons (Fsp3) is 0.381. The number of allylic oxidation sites excluding steroid dienone is 2. The Morgan fingerprint density at radius 1 is 0.935 bits per heavy atom. The average molecular weight is 432 g/mol. The molecule has 0 aliphatic carbocycles. The molecule has 0 bridgehead atoms. The molecule has 1 aliphatic heterocycles. The van der Waals surface area contributed by atoms with Crippen molar-refractivity contribution in [3.8, 4) is 0 Å². The van der Waals surface area contributed by atoms with Crippen LogP contribution in [-0.4, -0.2) is 36.0 Å². The molecule has 10 heteroatoms. The summed E-state index contributed by atoms with van der Waals surface area (Å²) in [6, 6.07) is 5.48. The van der Waals surface area contributed by atoms with Crippen LogP contribution in [0.2, 0.25) is 0 Å². The number of nitrogens with zero attached hydrogens (tertiary/aromatic N) is 1. The summed E-state index contributed by atoms with van der Waals surface area (Å²) in [7, 11) is 0. The predicted octanol–water partition coefficient (Wildman–Crippen LogP) is 2.53. The molecule has 1 aromatic carbocycles. The van der Waals surface area contributed by atoms with E-state index < -0.39 is 28.7 Å². The van der Waals surface area contributed by atoms with Crippen molar-refractivity contribution in [2.75, 3.05) is 13.2 Å². The maximum atomic E-state index is 13.0. The van der Waals surface area contributed by atoms with Gasteiger partial charge in [-0.2, -0.15) is 0 Å². The Morgan fingerprint density at radius 3 is 1.84 bits per heavy atom. The molecule has 0 aromatic heterocycles. The molecular weight excluding hydrogens is 408 g/mol. The molecule has 0 amide bonds. The van der Waals surface area contributed by atoms with Gasteiger partial charge in [-0.15, -0.1) is 0 Å². The second kappa shape index (κ2) is 10.4. The van der Waals surface area contributed by atoms with Gasteiger partial charge in [-0.25, -0.2) is 9.59 Å². The number of nitrogens with one attached hydrogen (secondary N) is 1. The van der Waals surface area contributed by atoms with Crippen LogP contribution in [0.5, 0.6) is 0 Å². The van der Waals surface area contributed by atoms with E-state index in [1.54, 1.807) is 27.7 Å². The highest BCUT2D eigenvalue weighted by atomic mass is 16.6. The third-order valence-electron chi connectivity index (χ3n) is 4.52. The Balaban J connectivity index is 2.34. The minimum atomic E-state index is -1.34. The van der Waals surface area contributed by atoms with E-state index in [9.17, 15) is 24.5 Å². The number of dihydropyridines is 1. The van der Waals surface area contributed by atoms with E-state index >= 15 is 0 Å². The molecule has 0 atom stereocenters. The number of carbonyl (C=O) groups excluding carboxylic acids is 3. The fourth-order valence-electron chi connectivity index (χ4n) is 3.14. The van der Waals surface area contributed by atoms with E-state index in [1.165, 1.54) is 24.3 Å². The van der Waals surface area contributed by atoms with Gasteiger partial charge < -0.3 is 19.5 Å². The SMILES string of the molecule is CCOC(=O)C1=C(C)NC(C)=C(C(=O)OCC)C1C(=O)OCc1ccc([N+](=O)[O-])cc1. The predicted molar refractivity (Wildman–Crippen MR) is 108 cm³/mol. The van der Waals surface area contributed by atoms with Crippen molar-refractivity contribution in [3.63, 3.8) is 0 Å². The minimum Gasteiger partial charge on any atom is -0.463 e. The van der Waals surface area contributed by atoms with E-state index in [2.05, 4.69) is 5.32 Å². The zero-order chi connectivity index (χ0) is 23.1. The van der Waals surface area contributed by atoms with Crippen molar-refractivity contribution in [1.82, 2.24) is 5.32 Å². The van der Waals surface area contributed by atoms with Gasteiger partial charge in [0.15, 0.2) is 0 Å². The molecule has 0 spiro atoms. The minimum absolute atomic E-state index is 0.0378. The molecule has 1 aliphatic rings. The molecule has 0 fully saturated rings. The lowest BCUT2D eigenvalue weighted by Crippen LogP contribution is -2.38. The van der Waals surface area contributed by atoms with Crippen molar-refractivity contribution in [2.45, 2.75) is 34.3 Å². The second-order valence-corrected chi connectivity index (χ2v) is 6.61. The fourth-order valence-corrected chi connectivity index (χ4v) is 3.14. The van der Waals surface area contributed by atoms with Crippen LogP contribution in [0, 0.1) is 16.0 Å². The Morgan fingerprint density at radius 2 is 1.42 bits per heavy atom. The first-order chi connectivity index (χ1) is 14.7. The van der Waals surface area contributed by atoms with E-state index in [-0.39, 0.29) is 36.7 Å². The topological polar surface area (TPSA) is 134 Å². The highest BCUT2D eigenvalue weighted by Gasteiger charge is 2.42. The lowest BCUT2D eigenvalue weighted by atomic mass is 9.85. The summed E-state index contributed by atoms with van der Waals surface area (Å²) in [4.78, 5) is 48.4. The Kier molecular flexibility index (Phi) is 7.89. The van der Waals surface area contributed by atoms with Crippen LogP contribution in [0.4, 0.5) is 5.69 Å². The van der Waals surface area contributed by atoms with Crippen LogP contribution in [-0.2, 0) is 35.2 Å². The third kappa shape index (κ3) is 5.47. The number of non-ortho nitro benzene ring substituents is 1. The van der Waals surface area contributed by atoms with E-state index in [1.807, 2.05) is 0 Å². The highest BCUT2D eigenvalue weighted by Crippen LogP contribution is 2.33. The molecule has 0 saturated heterocycles. The molecule has 1 aromatic rings. The summed E-state index contributed by atoms with van der Waals surface area (Å²) in [5.74, 6) is -3.68. The first-order valence-corrected chi connectivity index (χ1v) is 9.63. The van der Waals surface area contributed by atoms with Crippen LogP contribution in [0.15, 0.2) is 46.8 Å². The zero-order valence-electron chi connectivity index (χ0n) is 17.7. The molecule has 166 valence electrons. The van der Waals surface area contributed by atoms with Gasteiger partial charge in [-0.1, -0.05) is 0 Å².